The predicted octanol–water partition coefficient (Wildman–Crippen LogP) is 2.73. The molecular weight excluding hydrogens is 333 g/mol. The first kappa shape index (κ1) is 18.5. The number of carbonyl (C=O) groups is 1. The van der Waals surface area contributed by atoms with Crippen LogP contribution in [-0.4, -0.2) is 50.1 Å². The molecule has 1 saturated heterocycles. The lowest BCUT2D eigenvalue weighted by Crippen LogP contribution is -2.44. The Morgan fingerprint density at radius 2 is 1.96 bits per heavy atom. The summed E-state index contributed by atoms with van der Waals surface area (Å²) in [5.41, 5.74) is 1.12. The van der Waals surface area contributed by atoms with Crippen LogP contribution in [0.3, 0.4) is 0 Å². The molecule has 2 rings (SSSR count). The molecule has 0 bridgehead atoms. The van der Waals surface area contributed by atoms with E-state index in [1.807, 2.05) is 12.1 Å². The molecule has 1 heterocycles. The third kappa shape index (κ3) is 7.08. The normalized spacial score (nSPS) is 15.6. The van der Waals surface area contributed by atoms with E-state index in [1.54, 1.807) is 6.07 Å². The molecule has 1 aliphatic rings. The number of hydrogen-bond acceptors (Lipinski definition) is 3. The Bertz CT molecular complexity index is 505. The number of carbonyl (C=O) groups excluding carboxylic acids is 1. The fraction of sp³-hybridized carbons (Fsp3) is 0.588. The number of halogens is 2. The van der Waals surface area contributed by atoms with Crippen molar-refractivity contribution in [2.24, 2.45) is 0 Å². The first-order valence-corrected chi connectivity index (χ1v) is 9.04. The predicted molar refractivity (Wildman–Crippen MR) is 96.3 cm³/mol. The van der Waals surface area contributed by atoms with Gasteiger partial charge in [-0.05, 0) is 43.5 Å². The van der Waals surface area contributed by atoms with Crippen LogP contribution in [0.15, 0.2) is 18.2 Å². The van der Waals surface area contributed by atoms with Crippen molar-refractivity contribution in [1.29, 1.82) is 0 Å². The maximum Gasteiger partial charge on any atom is 0.220 e. The zero-order valence-electron chi connectivity index (χ0n) is 13.4. The van der Waals surface area contributed by atoms with Gasteiger partial charge in [-0.15, -0.1) is 0 Å². The van der Waals surface area contributed by atoms with Crippen LogP contribution in [-0.2, 0) is 11.2 Å². The highest BCUT2D eigenvalue weighted by Crippen LogP contribution is 2.23. The Hall–Kier alpha value is -0.810. The second-order valence-corrected chi connectivity index (χ2v) is 6.71. The number of amides is 1. The molecular formula is C17H25Cl2N3O. The number of rotatable bonds is 8. The average molecular weight is 358 g/mol. The number of benzene rings is 1. The van der Waals surface area contributed by atoms with Crippen LogP contribution in [0, 0.1) is 0 Å². The molecule has 0 radical (unpaired) electrons. The van der Waals surface area contributed by atoms with Gasteiger partial charge in [-0.1, -0.05) is 29.3 Å². The summed E-state index contributed by atoms with van der Waals surface area (Å²) in [5, 5.41) is 7.48. The van der Waals surface area contributed by atoms with Gasteiger partial charge in [0.25, 0.3) is 0 Å². The molecule has 1 aliphatic heterocycles. The summed E-state index contributed by atoms with van der Waals surface area (Å²) in [6, 6.07) is 5.63. The molecule has 0 unspecified atom stereocenters. The van der Waals surface area contributed by atoms with Gasteiger partial charge >= 0.3 is 0 Å². The number of hydrogen-bond donors (Lipinski definition) is 2. The number of piperazine rings is 1. The van der Waals surface area contributed by atoms with Gasteiger partial charge in [-0.2, -0.15) is 0 Å². The van der Waals surface area contributed by atoms with Crippen LogP contribution in [0.25, 0.3) is 0 Å². The Labute approximate surface area is 148 Å². The van der Waals surface area contributed by atoms with Gasteiger partial charge in [0.15, 0.2) is 0 Å². The molecule has 23 heavy (non-hydrogen) atoms. The summed E-state index contributed by atoms with van der Waals surface area (Å²) in [6.07, 6.45) is 3.22. The SMILES string of the molecule is O=C(CCCc1ccc(Cl)c(Cl)c1)NCCCN1CCNCC1. The first-order valence-electron chi connectivity index (χ1n) is 8.29. The van der Waals surface area contributed by atoms with E-state index in [0.29, 0.717) is 16.5 Å². The van der Waals surface area contributed by atoms with Gasteiger partial charge in [0.1, 0.15) is 0 Å². The van der Waals surface area contributed by atoms with Crippen molar-refractivity contribution in [1.82, 2.24) is 15.5 Å². The Morgan fingerprint density at radius 3 is 2.70 bits per heavy atom. The maximum absolute atomic E-state index is 11.8. The van der Waals surface area contributed by atoms with Crippen molar-refractivity contribution in [3.05, 3.63) is 33.8 Å². The Balaban J connectivity index is 1.53. The lowest BCUT2D eigenvalue weighted by molar-refractivity contribution is -0.121. The highest BCUT2D eigenvalue weighted by atomic mass is 35.5. The van der Waals surface area contributed by atoms with Crippen molar-refractivity contribution in [2.75, 3.05) is 39.3 Å². The van der Waals surface area contributed by atoms with E-state index < -0.39 is 0 Å². The van der Waals surface area contributed by atoms with Crippen molar-refractivity contribution >= 4 is 29.1 Å². The number of nitrogens with one attached hydrogen (secondary N) is 2. The summed E-state index contributed by atoms with van der Waals surface area (Å²) in [4.78, 5) is 14.3. The molecule has 0 aromatic heterocycles. The number of nitrogens with zero attached hydrogens (tertiary/aromatic N) is 1. The Kier molecular flexibility index (Phi) is 8.17. The fourth-order valence-electron chi connectivity index (χ4n) is 2.70. The van der Waals surface area contributed by atoms with Crippen LogP contribution >= 0.6 is 23.2 Å². The smallest absolute Gasteiger partial charge is 0.220 e. The zero-order valence-corrected chi connectivity index (χ0v) is 14.9. The molecule has 128 valence electrons. The van der Waals surface area contributed by atoms with Gasteiger partial charge < -0.3 is 15.5 Å². The van der Waals surface area contributed by atoms with Gasteiger partial charge in [-0.25, -0.2) is 0 Å². The first-order chi connectivity index (χ1) is 11.1. The summed E-state index contributed by atoms with van der Waals surface area (Å²) >= 11 is 11.9. The average Bonchev–Trinajstić information content (AvgIpc) is 2.56. The highest BCUT2D eigenvalue weighted by Gasteiger charge is 2.08. The Morgan fingerprint density at radius 1 is 1.17 bits per heavy atom. The lowest BCUT2D eigenvalue weighted by atomic mass is 10.1. The molecule has 6 heteroatoms. The van der Waals surface area contributed by atoms with Crippen LogP contribution in [0.4, 0.5) is 0 Å². The van der Waals surface area contributed by atoms with E-state index in [4.69, 9.17) is 23.2 Å². The minimum absolute atomic E-state index is 0.130. The molecule has 4 nitrogen and oxygen atoms in total. The van der Waals surface area contributed by atoms with E-state index in [1.165, 1.54) is 0 Å². The third-order valence-electron chi connectivity index (χ3n) is 4.04. The van der Waals surface area contributed by atoms with Crippen molar-refractivity contribution < 1.29 is 4.79 Å². The second-order valence-electron chi connectivity index (χ2n) is 5.90. The number of aryl methyl sites for hydroxylation is 1. The molecule has 1 amide bonds. The summed E-state index contributed by atoms with van der Waals surface area (Å²) in [7, 11) is 0. The van der Waals surface area contributed by atoms with Crippen LogP contribution in [0.1, 0.15) is 24.8 Å². The molecule has 0 spiro atoms. The highest BCUT2D eigenvalue weighted by molar-refractivity contribution is 6.42. The molecule has 1 aromatic carbocycles. The van der Waals surface area contributed by atoms with E-state index in [0.717, 1.165) is 64.1 Å². The van der Waals surface area contributed by atoms with E-state index in [-0.39, 0.29) is 5.91 Å². The standard InChI is InChI=1S/C17H25Cl2N3O/c18-15-6-5-14(13-16(15)19)3-1-4-17(23)21-7-2-10-22-11-8-20-9-12-22/h5-6,13,20H,1-4,7-12H2,(H,21,23). The quantitative estimate of drug-likeness (QED) is 0.703. The van der Waals surface area contributed by atoms with Gasteiger partial charge in [0.2, 0.25) is 5.91 Å². The fourth-order valence-corrected chi connectivity index (χ4v) is 3.02. The van der Waals surface area contributed by atoms with E-state index in [9.17, 15) is 4.79 Å². The van der Waals surface area contributed by atoms with Crippen molar-refractivity contribution in [3.63, 3.8) is 0 Å². The van der Waals surface area contributed by atoms with Crippen LogP contribution in [0.2, 0.25) is 10.0 Å². The summed E-state index contributed by atoms with van der Waals surface area (Å²) in [6.45, 7) is 6.18. The van der Waals surface area contributed by atoms with E-state index >= 15 is 0 Å². The molecule has 1 aromatic rings. The summed E-state index contributed by atoms with van der Waals surface area (Å²) in [5.74, 6) is 0.130. The monoisotopic (exact) mass is 357 g/mol. The third-order valence-corrected chi connectivity index (χ3v) is 4.78. The second kappa shape index (κ2) is 10.1. The molecule has 0 atom stereocenters. The van der Waals surface area contributed by atoms with Crippen LogP contribution in [0.5, 0.6) is 0 Å². The lowest BCUT2D eigenvalue weighted by Gasteiger charge is -2.27. The van der Waals surface area contributed by atoms with E-state index in [2.05, 4.69) is 15.5 Å². The van der Waals surface area contributed by atoms with Gasteiger partial charge in [-0.3, -0.25) is 4.79 Å². The molecule has 1 fully saturated rings. The minimum Gasteiger partial charge on any atom is -0.356 e. The van der Waals surface area contributed by atoms with Gasteiger partial charge in [0, 0.05) is 39.1 Å². The minimum atomic E-state index is 0.130. The zero-order chi connectivity index (χ0) is 16.5. The van der Waals surface area contributed by atoms with Gasteiger partial charge in [0.05, 0.1) is 10.0 Å². The topological polar surface area (TPSA) is 44.4 Å². The molecule has 0 saturated carbocycles. The van der Waals surface area contributed by atoms with Crippen molar-refractivity contribution in [3.8, 4) is 0 Å². The maximum atomic E-state index is 11.8. The molecule has 0 aliphatic carbocycles. The van der Waals surface area contributed by atoms with Crippen LogP contribution < -0.4 is 10.6 Å². The van der Waals surface area contributed by atoms with Crippen molar-refractivity contribution in [2.45, 2.75) is 25.7 Å². The summed E-state index contributed by atoms with van der Waals surface area (Å²) < 4.78 is 0. The molecule has 2 N–H and O–H groups in total. The largest absolute Gasteiger partial charge is 0.356 e.